The van der Waals surface area contributed by atoms with E-state index in [9.17, 15) is 4.79 Å². The number of carbonyl (C=O) groups is 1. The summed E-state index contributed by atoms with van der Waals surface area (Å²) in [6.45, 7) is 0.211. The Morgan fingerprint density at radius 1 is 1.80 bits per heavy atom. The number of hydrogen-bond donors (Lipinski definition) is 1. The van der Waals surface area contributed by atoms with Gasteiger partial charge in [-0.1, -0.05) is 0 Å². The second-order valence-corrected chi connectivity index (χ2v) is 1.61. The van der Waals surface area contributed by atoms with Crippen LogP contribution in [0.5, 0.6) is 0 Å². The average molecular weight is 145 g/mol. The molecule has 1 amide bonds. The first-order valence-electron chi connectivity index (χ1n) is 2.65. The van der Waals surface area contributed by atoms with Crippen molar-refractivity contribution in [1.82, 2.24) is 5.32 Å². The highest BCUT2D eigenvalue weighted by atomic mass is 17.2. The maximum absolute atomic E-state index is 10.3. The summed E-state index contributed by atoms with van der Waals surface area (Å²) in [5.41, 5.74) is 0.548. The smallest absolute Gasteiger partial charge is 0.411 e. The van der Waals surface area contributed by atoms with E-state index >= 15 is 0 Å². The number of hydrogen-bond acceptors (Lipinski definition) is 4. The molecule has 0 aromatic rings. The van der Waals surface area contributed by atoms with Crippen molar-refractivity contribution in [2.45, 2.75) is 0 Å². The van der Waals surface area contributed by atoms with E-state index < -0.39 is 6.09 Å². The predicted molar refractivity (Wildman–Crippen MR) is 30.7 cm³/mol. The van der Waals surface area contributed by atoms with Gasteiger partial charge in [-0.3, -0.25) is 5.32 Å². The highest BCUT2D eigenvalue weighted by molar-refractivity contribution is 5.72. The summed E-state index contributed by atoms with van der Waals surface area (Å²) in [6.07, 6.45) is 0.802. The van der Waals surface area contributed by atoms with Crippen molar-refractivity contribution >= 4 is 6.09 Å². The summed E-state index contributed by atoms with van der Waals surface area (Å²) in [7, 11) is 1.37. The van der Waals surface area contributed by atoms with Gasteiger partial charge >= 0.3 is 6.09 Å². The van der Waals surface area contributed by atoms with Crippen LogP contribution in [0.15, 0.2) is 12.0 Å². The molecular formula is C5H7NO4. The summed E-state index contributed by atoms with van der Waals surface area (Å²) >= 11 is 0. The SMILES string of the molecule is COO/C=C1/COC(=O)N1. The molecule has 0 spiro atoms. The van der Waals surface area contributed by atoms with Gasteiger partial charge in [-0.15, -0.1) is 0 Å². The minimum Gasteiger partial charge on any atom is -0.443 e. The molecule has 1 rings (SSSR count). The van der Waals surface area contributed by atoms with E-state index in [1.807, 2.05) is 0 Å². The fourth-order valence-electron chi connectivity index (χ4n) is 0.516. The van der Waals surface area contributed by atoms with Gasteiger partial charge in [-0.05, 0) is 0 Å². The first-order chi connectivity index (χ1) is 4.83. The highest BCUT2D eigenvalue weighted by Gasteiger charge is 2.15. The Morgan fingerprint density at radius 2 is 2.60 bits per heavy atom. The Morgan fingerprint density at radius 3 is 3.10 bits per heavy atom. The Labute approximate surface area is 57.5 Å². The number of ether oxygens (including phenoxy) is 1. The summed E-state index contributed by atoms with van der Waals surface area (Å²) < 4.78 is 4.51. The largest absolute Gasteiger partial charge is 0.443 e. The van der Waals surface area contributed by atoms with E-state index in [0.717, 1.165) is 0 Å². The van der Waals surface area contributed by atoms with Crippen molar-refractivity contribution in [2.24, 2.45) is 0 Å². The van der Waals surface area contributed by atoms with E-state index in [2.05, 4.69) is 19.8 Å². The number of alkyl carbamates (subject to hydrolysis) is 1. The normalized spacial score (nSPS) is 20.5. The lowest BCUT2D eigenvalue weighted by Crippen LogP contribution is -2.11. The van der Waals surface area contributed by atoms with Gasteiger partial charge in [0.1, 0.15) is 6.61 Å². The number of cyclic esters (lactones) is 1. The van der Waals surface area contributed by atoms with E-state index in [4.69, 9.17) is 0 Å². The van der Waals surface area contributed by atoms with Gasteiger partial charge in [0.25, 0.3) is 0 Å². The van der Waals surface area contributed by atoms with Crippen molar-refractivity contribution < 1.29 is 19.3 Å². The number of carbonyl (C=O) groups excluding carboxylic acids is 1. The number of nitrogens with one attached hydrogen (secondary N) is 1. The van der Waals surface area contributed by atoms with E-state index in [0.29, 0.717) is 5.70 Å². The standard InChI is InChI=1S/C5H7NO4/c1-8-10-3-4-2-9-5(7)6-4/h3H,2H2,1H3,(H,6,7)/b4-3-. The average Bonchev–Trinajstić information content (AvgIpc) is 2.31. The Kier molecular flexibility index (Phi) is 2.11. The molecule has 5 heteroatoms. The summed E-state index contributed by atoms with van der Waals surface area (Å²) in [4.78, 5) is 19.0. The molecule has 1 N–H and O–H groups in total. The molecule has 10 heavy (non-hydrogen) atoms. The molecule has 0 aromatic carbocycles. The van der Waals surface area contributed by atoms with Gasteiger partial charge in [0.15, 0.2) is 6.26 Å². The molecule has 0 saturated carbocycles. The summed E-state index contributed by atoms with van der Waals surface area (Å²) in [5.74, 6) is 0. The van der Waals surface area contributed by atoms with Crippen molar-refractivity contribution in [3.8, 4) is 0 Å². The molecule has 1 fully saturated rings. The zero-order chi connectivity index (χ0) is 7.40. The maximum atomic E-state index is 10.3. The van der Waals surface area contributed by atoms with Crippen LogP contribution >= 0.6 is 0 Å². The molecule has 0 aliphatic carbocycles. The molecule has 56 valence electrons. The molecule has 0 aromatic heterocycles. The number of rotatable bonds is 2. The van der Waals surface area contributed by atoms with Gasteiger partial charge in [0, 0.05) is 0 Å². The van der Waals surface area contributed by atoms with Crippen molar-refractivity contribution in [3.63, 3.8) is 0 Å². The Bertz CT molecular complexity index is 165. The fraction of sp³-hybridized carbons (Fsp3) is 0.400. The third-order valence-corrected chi connectivity index (χ3v) is 0.908. The van der Waals surface area contributed by atoms with Crippen molar-refractivity contribution in [1.29, 1.82) is 0 Å². The molecule has 5 nitrogen and oxygen atoms in total. The van der Waals surface area contributed by atoms with Crippen LogP contribution < -0.4 is 5.32 Å². The molecule has 0 radical (unpaired) electrons. The topological polar surface area (TPSA) is 56.8 Å². The zero-order valence-electron chi connectivity index (χ0n) is 5.42. The van der Waals surface area contributed by atoms with Gasteiger partial charge in [-0.2, -0.15) is 4.89 Å². The highest BCUT2D eigenvalue weighted by Crippen LogP contribution is 2.00. The van der Waals surface area contributed by atoms with Crippen LogP contribution in [0.4, 0.5) is 4.79 Å². The lowest BCUT2D eigenvalue weighted by molar-refractivity contribution is -0.223. The first-order valence-corrected chi connectivity index (χ1v) is 2.65. The van der Waals surface area contributed by atoms with Crippen LogP contribution in [0.2, 0.25) is 0 Å². The lowest BCUT2D eigenvalue weighted by Gasteiger charge is -1.92. The molecule has 0 bridgehead atoms. The molecule has 0 unspecified atom stereocenters. The van der Waals surface area contributed by atoms with E-state index in [1.165, 1.54) is 13.4 Å². The van der Waals surface area contributed by atoms with Crippen LogP contribution in [0.3, 0.4) is 0 Å². The monoisotopic (exact) mass is 145 g/mol. The Hall–Kier alpha value is -1.23. The quantitative estimate of drug-likeness (QED) is 0.341. The van der Waals surface area contributed by atoms with Crippen LogP contribution in [0.1, 0.15) is 0 Å². The van der Waals surface area contributed by atoms with Crippen LogP contribution in [0.25, 0.3) is 0 Å². The van der Waals surface area contributed by atoms with E-state index in [-0.39, 0.29) is 6.61 Å². The molecule has 0 atom stereocenters. The second-order valence-electron chi connectivity index (χ2n) is 1.61. The molecular weight excluding hydrogens is 138 g/mol. The third-order valence-electron chi connectivity index (χ3n) is 0.908. The minimum atomic E-state index is -0.467. The molecule has 1 heterocycles. The second kappa shape index (κ2) is 3.07. The Balaban J connectivity index is 2.36. The van der Waals surface area contributed by atoms with E-state index in [1.54, 1.807) is 0 Å². The van der Waals surface area contributed by atoms with Crippen molar-refractivity contribution in [2.75, 3.05) is 13.7 Å². The van der Waals surface area contributed by atoms with Gasteiger partial charge < -0.3 is 9.62 Å². The third kappa shape index (κ3) is 1.63. The maximum Gasteiger partial charge on any atom is 0.411 e. The lowest BCUT2D eigenvalue weighted by atomic mass is 10.5. The van der Waals surface area contributed by atoms with Gasteiger partial charge in [0.05, 0.1) is 12.8 Å². The molecule has 1 aliphatic rings. The zero-order valence-corrected chi connectivity index (χ0v) is 5.42. The minimum absolute atomic E-state index is 0.211. The van der Waals surface area contributed by atoms with Gasteiger partial charge in [0.2, 0.25) is 0 Å². The fourth-order valence-corrected chi connectivity index (χ4v) is 0.516. The van der Waals surface area contributed by atoms with Crippen LogP contribution in [-0.2, 0) is 14.5 Å². The van der Waals surface area contributed by atoms with Crippen LogP contribution in [-0.4, -0.2) is 19.8 Å². The summed E-state index contributed by atoms with van der Waals surface area (Å²) in [5, 5.41) is 2.38. The number of amides is 1. The van der Waals surface area contributed by atoms with Gasteiger partial charge in [-0.25, -0.2) is 4.79 Å². The first kappa shape index (κ1) is 6.88. The van der Waals surface area contributed by atoms with Crippen LogP contribution in [0, 0.1) is 0 Å². The summed E-state index contributed by atoms with van der Waals surface area (Å²) in [6, 6.07) is 0. The predicted octanol–water partition coefficient (Wildman–Crippen LogP) is 0.146. The molecule has 1 aliphatic heterocycles. The van der Waals surface area contributed by atoms with Crippen molar-refractivity contribution in [3.05, 3.63) is 12.0 Å². The molecule has 1 saturated heterocycles.